The van der Waals surface area contributed by atoms with Crippen molar-refractivity contribution in [2.75, 3.05) is 13.4 Å². The second kappa shape index (κ2) is 8.67. The summed E-state index contributed by atoms with van der Waals surface area (Å²) < 4.78 is 31.4. The molecule has 31 heavy (non-hydrogen) atoms. The van der Waals surface area contributed by atoms with Gasteiger partial charge < -0.3 is 4.74 Å². The van der Waals surface area contributed by atoms with Crippen molar-refractivity contribution in [3.63, 3.8) is 0 Å². The molecule has 158 valence electrons. The van der Waals surface area contributed by atoms with Gasteiger partial charge in [-0.25, -0.2) is 13.4 Å². The van der Waals surface area contributed by atoms with Crippen molar-refractivity contribution in [2.24, 2.45) is 0 Å². The molecule has 0 fully saturated rings. The molecule has 1 unspecified atom stereocenters. The SMILES string of the molecule is COC(c1ccccc1)c1cn(-c2ccc(S(C)(=O)=O)cc2)c(-c2ccc(Cl)cc2)n1. The third-order valence-corrected chi connectivity index (χ3v) is 6.36. The average molecular weight is 453 g/mol. The van der Waals surface area contributed by atoms with Gasteiger partial charge in [-0.2, -0.15) is 0 Å². The van der Waals surface area contributed by atoms with Gasteiger partial charge >= 0.3 is 0 Å². The van der Waals surface area contributed by atoms with Gasteiger partial charge in [0.1, 0.15) is 11.9 Å². The van der Waals surface area contributed by atoms with E-state index < -0.39 is 9.84 Å². The van der Waals surface area contributed by atoms with Crippen LogP contribution in [0.1, 0.15) is 17.4 Å². The normalized spacial score (nSPS) is 12.6. The molecule has 0 aliphatic carbocycles. The molecule has 0 saturated carbocycles. The highest BCUT2D eigenvalue weighted by molar-refractivity contribution is 7.90. The van der Waals surface area contributed by atoms with Crippen LogP contribution >= 0.6 is 11.6 Å². The zero-order valence-corrected chi connectivity index (χ0v) is 18.6. The van der Waals surface area contributed by atoms with Gasteiger partial charge in [-0.3, -0.25) is 4.57 Å². The number of imidazole rings is 1. The molecule has 4 rings (SSSR count). The first-order valence-electron chi connectivity index (χ1n) is 9.60. The Balaban J connectivity index is 1.85. The Labute approximate surface area is 186 Å². The lowest BCUT2D eigenvalue weighted by molar-refractivity contribution is 0.133. The molecule has 0 bridgehead atoms. The summed E-state index contributed by atoms with van der Waals surface area (Å²) in [7, 11) is -1.62. The average Bonchev–Trinajstić information content (AvgIpc) is 3.20. The smallest absolute Gasteiger partial charge is 0.175 e. The summed E-state index contributed by atoms with van der Waals surface area (Å²) in [5, 5.41) is 0.638. The van der Waals surface area contributed by atoms with Crippen molar-refractivity contribution >= 4 is 21.4 Å². The topological polar surface area (TPSA) is 61.2 Å². The maximum Gasteiger partial charge on any atom is 0.175 e. The van der Waals surface area contributed by atoms with Gasteiger partial charge in [0, 0.05) is 35.8 Å². The number of nitrogens with zero attached hydrogens (tertiary/aromatic N) is 2. The van der Waals surface area contributed by atoms with Crippen molar-refractivity contribution in [2.45, 2.75) is 11.0 Å². The van der Waals surface area contributed by atoms with Gasteiger partial charge in [0.15, 0.2) is 9.84 Å². The van der Waals surface area contributed by atoms with Crippen molar-refractivity contribution in [3.05, 3.63) is 101 Å². The number of benzene rings is 3. The van der Waals surface area contributed by atoms with E-state index in [0.717, 1.165) is 22.5 Å². The van der Waals surface area contributed by atoms with E-state index in [1.807, 2.05) is 65.4 Å². The van der Waals surface area contributed by atoms with Crippen molar-refractivity contribution in [3.8, 4) is 17.1 Å². The molecule has 7 heteroatoms. The van der Waals surface area contributed by atoms with Crippen molar-refractivity contribution in [1.29, 1.82) is 0 Å². The van der Waals surface area contributed by atoms with Crippen LogP contribution < -0.4 is 0 Å². The van der Waals surface area contributed by atoms with Crippen molar-refractivity contribution < 1.29 is 13.2 Å². The van der Waals surface area contributed by atoms with Gasteiger partial charge in [0.2, 0.25) is 0 Å². The Hall–Kier alpha value is -2.93. The number of halogens is 1. The number of rotatable bonds is 6. The van der Waals surface area contributed by atoms with Crippen LogP contribution in [-0.2, 0) is 14.6 Å². The fourth-order valence-corrected chi connectivity index (χ4v) is 4.19. The maximum absolute atomic E-state index is 11.8. The lowest BCUT2D eigenvalue weighted by Crippen LogP contribution is -2.03. The number of hydrogen-bond donors (Lipinski definition) is 0. The Morgan fingerprint density at radius 1 is 0.935 bits per heavy atom. The predicted molar refractivity (Wildman–Crippen MR) is 122 cm³/mol. The van der Waals surface area contributed by atoms with Crippen LogP contribution in [0.15, 0.2) is 90.0 Å². The first-order valence-corrected chi connectivity index (χ1v) is 11.9. The number of aromatic nitrogens is 2. The summed E-state index contributed by atoms with van der Waals surface area (Å²) in [6, 6.07) is 24.0. The molecular formula is C24H21ClN2O3S. The zero-order valence-electron chi connectivity index (χ0n) is 17.1. The van der Waals surface area contributed by atoms with Crippen LogP contribution in [0.5, 0.6) is 0 Å². The Morgan fingerprint density at radius 3 is 2.16 bits per heavy atom. The van der Waals surface area contributed by atoms with Gasteiger partial charge in [0.25, 0.3) is 0 Å². The van der Waals surface area contributed by atoms with Gasteiger partial charge in [-0.1, -0.05) is 41.9 Å². The van der Waals surface area contributed by atoms with E-state index in [0.29, 0.717) is 10.8 Å². The predicted octanol–water partition coefficient (Wildman–Crippen LogP) is 5.33. The lowest BCUT2D eigenvalue weighted by Gasteiger charge is -2.13. The standard InChI is InChI=1S/C24H21ClN2O3S/c1-30-23(17-6-4-3-5-7-17)22-16-27(20-12-14-21(15-13-20)31(2,28)29)24(26-22)18-8-10-19(25)11-9-18/h3-16,23H,1-2H3. The maximum atomic E-state index is 11.8. The zero-order chi connectivity index (χ0) is 22.0. The molecular weight excluding hydrogens is 432 g/mol. The summed E-state index contributed by atoms with van der Waals surface area (Å²) >= 11 is 6.07. The molecule has 0 spiro atoms. The third kappa shape index (κ3) is 4.56. The minimum absolute atomic E-state index is 0.267. The minimum atomic E-state index is -3.28. The van der Waals surface area contributed by atoms with E-state index in [-0.39, 0.29) is 11.0 Å². The second-order valence-electron chi connectivity index (χ2n) is 7.16. The number of hydrogen-bond acceptors (Lipinski definition) is 4. The van der Waals surface area contributed by atoms with E-state index in [2.05, 4.69) is 0 Å². The summed E-state index contributed by atoms with van der Waals surface area (Å²) in [5.41, 5.74) is 3.40. The Bertz CT molecular complexity index is 1280. The first kappa shape index (κ1) is 21.3. The molecule has 5 nitrogen and oxygen atoms in total. The van der Waals surface area contributed by atoms with E-state index in [4.69, 9.17) is 21.3 Å². The molecule has 3 aromatic carbocycles. The molecule has 0 N–H and O–H groups in total. The molecule has 1 aromatic heterocycles. The van der Waals surface area contributed by atoms with Gasteiger partial charge in [0.05, 0.1) is 10.6 Å². The molecule has 4 aromatic rings. The molecule has 1 atom stereocenters. The highest BCUT2D eigenvalue weighted by Crippen LogP contribution is 2.31. The first-order chi connectivity index (χ1) is 14.9. The molecule has 1 heterocycles. The van der Waals surface area contributed by atoms with E-state index >= 15 is 0 Å². The van der Waals surface area contributed by atoms with Crippen LogP contribution in [0.2, 0.25) is 5.02 Å². The van der Waals surface area contributed by atoms with Crippen LogP contribution in [0.25, 0.3) is 17.1 Å². The quantitative estimate of drug-likeness (QED) is 0.396. The van der Waals surface area contributed by atoms with Gasteiger partial charge in [-0.15, -0.1) is 0 Å². The second-order valence-corrected chi connectivity index (χ2v) is 9.61. The van der Waals surface area contributed by atoms with Crippen LogP contribution in [0.4, 0.5) is 0 Å². The highest BCUT2D eigenvalue weighted by Gasteiger charge is 2.20. The Kier molecular flexibility index (Phi) is 5.96. The molecule has 0 saturated heterocycles. The third-order valence-electron chi connectivity index (χ3n) is 4.98. The molecule has 0 aliphatic heterocycles. The monoisotopic (exact) mass is 452 g/mol. The summed E-state index contributed by atoms with van der Waals surface area (Å²) in [6.45, 7) is 0. The number of ether oxygens (including phenoxy) is 1. The van der Waals surface area contributed by atoms with Crippen molar-refractivity contribution in [1.82, 2.24) is 9.55 Å². The van der Waals surface area contributed by atoms with E-state index in [1.54, 1.807) is 31.4 Å². The summed E-state index contributed by atoms with van der Waals surface area (Å²) in [6.07, 6.45) is 2.77. The summed E-state index contributed by atoms with van der Waals surface area (Å²) in [5.74, 6) is 0.705. The molecule has 0 radical (unpaired) electrons. The fourth-order valence-electron chi connectivity index (χ4n) is 3.43. The largest absolute Gasteiger partial charge is 0.370 e. The fraction of sp³-hybridized carbons (Fsp3) is 0.125. The van der Waals surface area contributed by atoms with Crippen LogP contribution in [0.3, 0.4) is 0 Å². The molecule has 0 aliphatic rings. The van der Waals surface area contributed by atoms with E-state index in [9.17, 15) is 8.42 Å². The number of methoxy groups -OCH3 is 1. The number of sulfone groups is 1. The van der Waals surface area contributed by atoms with Crippen LogP contribution in [-0.4, -0.2) is 31.3 Å². The lowest BCUT2D eigenvalue weighted by atomic mass is 10.1. The molecule has 0 amide bonds. The van der Waals surface area contributed by atoms with E-state index in [1.165, 1.54) is 6.26 Å². The van der Waals surface area contributed by atoms with Gasteiger partial charge in [-0.05, 0) is 54.1 Å². The Morgan fingerprint density at radius 2 is 1.58 bits per heavy atom. The van der Waals surface area contributed by atoms with Crippen LogP contribution in [0, 0.1) is 0 Å². The highest BCUT2D eigenvalue weighted by atomic mass is 35.5. The summed E-state index contributed by atoms with van der Waals surface area (Å²) in [4.78, 5) is 5.15. The minimum Gasteiger partial charge on any atom is -0.370 e.